The van der Waals surface area contributed by atoms with Gasteiger partial charge in [-0.25, -0.2) is 9.97 Å². The number of nitrogens with two attached hydrogens (primary N) is 1. The van der Waals surface area contributed by atoms with Crippen LogP contribution < -0.4 is 5.73 Å². The molecule has 1 unspecified atom stereocenters. The van der Waals surface area contributed by atoms with Crippen molar-refractivity contribution in [1.29, 1.82) is 0 Å². The van der Waals surface area contributed by atoms with Gasteiger partial charge in [0, 0.05) is 12.2 Å². The van der Waals surface area contributed by atoms with Crippen LogP contribution in [0.1, 0.15) is 17.4 Å². The number of hydrogen-bond donors (Lipinski definition) is 1. The lowest BCUT2D eigenvalue weighted by atomic mass is 10.1. The summed E-state index contributed by atoms with van der Waals surface area (Å²) >= 11 is 0. The maximum absolute atomic E-state index is 5.65. The molecule has 0 saturated heterocycles. The van der Waals surface area contributed by atoms with Crippen LogP contribution in [0.15, 0.2) is 12.4 Å². The van der Waals surface area contributed by atoms with Crippen LogP contribution in [-0.2, 0) is 0 Å². The van der Waals surface area contributed by atoms with Gasteiger partial charge in [-0.05, 0) is 27.1 Å². The van der Waals surface area contributed by atoms with E-state index >= 15 is 0 Å². The molecular formula is C9H16N4. The van der Waals surface area contributed by atoms with Gasteiger partial charge in [0.15, 0.2) is 0 Å². The van der Waals surface area contributed by atoms with Crippen molar-refractivity contribution in [2.24, 2.45) is 5.73 Å². The molecule has 1 aromatic heterocycles. The highest BCUT2D eigenvalue weighted by atomic mass is 15.1. The van der Waals surface area contributed by atoms with Gasteiger partial charge in [0.2, 0.25) is 0 Å². The summed E-state index contributed by atoms with van der Waals surface area (Å²) in [5.74, 6) is 0. The molecule has 1 rings (SSSR count). The monoisotopic (exact) mass is 180 g/mol. The lowest BCUT2D eigenvalue weighted by molar-refractivity contribution is 0.300. The van der Waals surface area contributed by atoms with E-state index < -0.39 is 0 Å². The molecule has 0 aliphatic rings. The summed E-state index contributed by atoms with van der Waals surface area (Å²) in [6.07, 6.45) is 1.58. The van der Waals surface area contributed by atoms with Gasteiger partial charge in [-0.2, -0.15) is 0 Å². The molecule has 1 aromatic rings. The van der Waals surface area contributed by atoms with Gasteiger partial charge in [0.05, 0.1) is 11.7 Å². The van der Waals surface area contributed by atoms with Gasteiger partial charge in [-0.1, -0.05) is 0 Å². The third-order valence-electron chi connectivity index (χ3n) is 2.01. The van der Waals surface area contributed by atoms with Crippen molar-refractivity contribution in [3.63, 3.8) is 0 Å². The Morgan fingerprint density at radius 2 is 2.15 bits per heavy atom. The predicted molar refractivity (Wildman–Crippen MR) is 52.3 cm³/mol. The van der Waals surface area contributed by atoms with Crippen LogP contribution in [0.5, 0.6) is 0 Å². The Morgan fingerprint density at radius 3 is 2.62 bits per heavy atom. The fourth-order valence-corrected chi connectivity index (χ4v) is 1.25. The van der Waals surface area contributed by atoms with Gasteiger partial charge in [-0.3, -0.25) is 4.90 Å². The van der Waals surface area contributed by atoms with E-state index in [9.17, 15) is 0 Å². The van der Waals surface area contributed by atoms with E-state index in [1.807, 2.05) is 27.1 Å². The Bertz CT molecular complexity index is 272. The Labute approximate surface area is 78.8 Å². The second kappa shape index (κ2) is 4.30. The van der Waals surface area contributed by atoms with Crippen LogP contribution in [0.4, 0.5) is 0 Å². The first-order valence-corrected chi connectivity index (χ1v) is 4.30. The van der Waals surface area contributed by atoms with Gasteiger partial charge in [0.25, 0.3) is 0 Å². The molecule has 1 heterocycles. The first-order valence-electron chi connectivity index (χ1n) is 4.30. The standard InChI is InChI=1S/C9H16N4/c1-7-4-8(12-6-11-7)9(5-10)13(2)3/h4,6,9H,5,10H2,1-3H3. The van der Waals surface area contributed by atoms with Gasteiger partial charge in [-0.15, -0.1) is 0 Å². The summed E-state index contributed by atoms with van der Waals surface area (Å²) < 4.78 is 0. The fraction of sp³-hybridized carbons (Fsp3) is 0.556. The first kappa shape index (κ1) is 10.1. The van der Waals surface area contributed by atoms with Crippen LogP contribution >= 0.6 is 0 Å². The summed E-state index contributed by atoms with van der Waals surface area (Å²) in [7, 11) is 3.99. The summed E-state index contributed by atoms with van der Waals surface area (Å²) in [6.45, 7) is 2.53. The highest BCUT2D eigenvalue weighted by molar-refractivity contribution is 5.11. The van der Waals surface area contributed by atoms with Gasteiger partial charge < -0.3 is 5.73 Å². The minimum atomic E-state index is 0.182. The van der Waals surface area contributed by atoms with Gasteiger partial charge >= 0.3 is 0 Å². The number of aryl methyl sites for hydroxylation is 1. The average molecular weight is 180 g/mol. The van der Waals surface area contributed by atoms with E-state index in [4.69, 9.17) is 5.73 Å². The van der Waals surface area contributed by atoms with Crippen molar-refractivity contribution in [2.45, 2.75) is 13.0 Å². The maximum atomic E-state index is 5.65. The largest absolute Gasteiger partial charge is 0.329 e. The van der Waals surface area contributed by atoms with E-state index in [-0.39, 0.29) is 6.04 Å². The third kappa shape index (κ3) is 2.47. The molecule has 0 bridgehead atoms. The van der Waals surface area contributed by atoms with E-state index in [1.54, 1.807) is 6.33 Å². The Morgan fingerprint density at radius 1 is 1.46 bits per heavy atom. The average Bonchev–Trinajstić information content (AvgIpc) is 2.04. The Hall–Kier alpha value is -1.00. The van der Waals surface area contributed by atoms with E-state index in [0.29, 0.717) is 6.54 Å². The molecule has 0 aliphatic heterocycles. The van der Waals surface area contributed by atoms with Crippen molar-refractivity contribution in [1.82, 2.24) is 14.9 Å². The summed E-state index contributed by atoms with van der Waals surface area (Å²) in [5.41, 5.74) is 7.62. The maximum Gasteiger partial charge on any atom is 0.115 e. The van der Waals surface area contributed by atoms with E-state index in [1.165, 1.54) is 0 Å². The molecule has 2 N–H and O–H groups in total. The first-order chi connectivity index (χ1) is 6.15. The lowest BCUT2D eigenvalue weighted by Gasteiger charge is -2.21. The summed E-state index contributed by atoms with van der Waals surface area (Å²) in [6, 6.07) is 2.15. The molecule has 0 aromatic carbocycles. The zero-order valence-corrected chi connectivity index (χ0v) is 8.36. The summed E-state index contributed by atoms with van der Waals surface area (Å²) in [5, 5.41) is 0. The van der Waals surface area contributed by atoms with Crippen LogP contribution in [-0.4, -0.2) is 35.5 Å². The van der Waals surface area contributed by atoms with Crippen molar-refractivity contribution in [3.05, 3.63) is 23.8 Å². The predicted octanol–water partition coefficient (Wildman–Crippen LogP) is 0.346. The highest BCUT2D eigenvalue weighted by Crippen LogP contribution is 2.13. The zero-order chi connectivity index (χ0) is 9.84. The van der Waals surface area contributed by atoms with Crippen molar-refractivity contribution < 1.29 is 0 Å². The van der Waals surface area contributed by atoms with Gasteiger partial charge in [0.1, 0.15) is 6.33 Å². The molecule has 0 amide bonds. The smallest absolute Gasteiger partial charge is 0.115 e. The Kier molecular flexibility index (Phi) is 3.33. The minimum Gasteiger partial charge on any atom is -0.329 e. The number of likely N-dealkylation sites (N-methyl/N-ethyl adjacent to an activating group) is 1. The van der Waals surface area contributed by atoms with Crippen LogP contribution in [0.25, 0.3) is 0 Å². The Balaban J connectivity index is 2.91. The van der Waals surface area contributed by atoms with Crippen molar-refractivity contribution in [3.8, 4) is 0 Å². The zero-order valence-electron chi connectivity index (χ0n) is 8.36. The molecule has 0 spiro atoms. The molecule has 0 fully saturated rings. The number of aromatic nitrogens is 2. The normalized spacial score (nSPS) is 13.3. The minimum absolute atomic E-state index is 0.182. The van der Waals surface area contributed by atoms with Crippen molar-refractivity contribution >= 4 is 0 Å². The molecule has 13 heavy (non-hydrogen) atoms. The molecular weight excluding hydrogens is 164 g/mol. The fourth-order valence-electron chi connectivity index (χ4n) is 1.25. The molecule has 0 aliphatic carbocycles. The highest BCUT2D eigenvalue weighted by Gasteiger charge is 2.13. The second-order valence-corrected chi connectivity index (χ2v) is 3.30. The number of nitrogens with zero attached hydrogens (tertiary/aromatic N) is 3. The quantitative estimate of drug-likeness (QED) is 0.729. The van der Waals surface area contributed by atoms with E-state index in [0.717, 1.165) is 11.4 Å². The molecule has 1 atom stereocenters. The SMILES string of the molecule is Cc1cc(C(CN)N(C)C)ncn1. The van der Waals surface area contributed by atoms with Crippen molar-refractivity contribution in [2.75, 3.05) is 20.6 Å². The van der Waals surface area contributed by atoms with Crippen LogP contribution in [0.3, 0.4) is 0 Å². The number of hydrogen-bond acceptors (Lipinski definition) is 4. The van der Waals surface area contributed by atoms with E-state index in [2.05, 4.69) is 14.9 Å². The number of rotatable bonds is 3. The molecule has 4 heteroatoms. The molecule has 72 valence electrons. The lowest BCUT2D eigenvalue weighted by Crippen LogP contribution is -2.28. The molecule has 0 radical (unpaired) electrons. The van der Waals surface area contributed by atoms with Crippen LogP contribution in [0, 0.1) is 6.92 Å². The summed E-state index contributed by atoms with van der Waals surface area (Å²) in [4.78, 5) is 10.3. The topological polar surface area (TPSA) is 55.0 Å². The third-order valence-corrected chi connectivity index (χ3v) is 2.01. The second-order valence-electron chi connectivity index (χ2n) is 3.30. The molecule has 4 nitrogen and oxygen atoms in total. The van der Waals surface area contributed by atoms with Crippen LogP contribution in [0.2, 0.25) is 0 Å². The molecule has 0 saturated carbocycles.